The van der Waals surface area contributed by atoms with E-state index in [9.17, 15) is 0 Å². The van der Waals surface area contributed by atoms with Gasteiger partial charge in [0.25, 0.3) is 0 Å². The average molecular weight is 1710 g/mol. The molecule has 15 rings (SSSR count). The number of hydrogen-bond donors (Lipinski definition) is 0. The second-order valence-corrected chi connectivity index (χ2v) is 41.8. The molecule has 0 fully saturated rings. The summed E-state index contributed by atoms with van der Waals surface area (Å²) < 4.78 is 35.1. The lowest BCUT2D eigenvalue weighted by molar-refractivity contribution is 0.130. The Hall–Kier alpha value is -11.2. The van der Waals surface area contributed by atoms with Crippen LogP contribution in [0.4, 0.5) is 0 Å². The van der Waals surface area contributed by atoms with E-state index in [2.05, 4.69) is 488 Å². The summed E-state index contributed by atoms with van der Waals surface area (Å²) in [5.74, 6) is 5.51. The molecule has 11 heteroatoms. The Morgan fingerprint density at radius 1 is 0.205 bits per heavy atom. The molecule has 0 radical (unpaired) electrons. The summed E-state index contributed by atoms with van der Waals surface area (Å²) >= 11 is 0. The second-order valence-electron chi connectivity index (χ2n) is 31.6. The highest BCUT2D eigenvalue weighted by atomic mass is 32.2. The Morgan fingerprint density at radius 3 is 0.533 bits per heavy atom. The van der Waals surface area contributed by atoms with E-state index in [-0.39, 0.29) is 77.4 Å². The monoisotopic (exact) mass is 1710 g/mol. The molecule has 0 heterocycles. The molecule has 0 aliphatic rings. The van der Waals surface area contributed by atoms with Gasteiger partial charge in [-0.15, -0.1) is 0 Å². The number of benzene rings is 15. The maximum atomic E-state index is 6.00. The lowest BCUT2D eigenvalue weighted by Gasteiger charge is -2.21. The third-order valence-electron chi connectivity index (χ3n) is 17.9. The van der Waals surface area contributed by atoms with Gasteiger partial charge in [-0.2, -0.15) is 0 Å². The van der Waals surface area contributed by atoms with Gasteiger partial charge in [0, 0.05) is 0 Å². The quantitative estimate of drug-likeness (QED) is 0.0398. The fourth-order valence-corrected chi connectivity index (χ4v) is 23.2. The molecule has 0 unspecified atom stereocenters. The number of ether oxygens (including phenoxy) is 6. The Morgan fingerprint density at radius 2 is 0.369 bits per heavy atom. The highest BCUT2D eigenvalue weighted by Crippen LogP contribution is 2.39. The Balaban J connectivity index is 0.000000149. The summed E-state index contributed by atoms with van der Waals surface area (Å²) in [6.07, 6.45) is 2.45. The Bertz CT molecular complexity index is 5180. The molecule has 15 aromatic rings. The molecule has 122 heavy (non-hydrogen) atoms. The van der Waals surface area contributed by atoms with Crippen LogP contribution in [0.3, 0.4) is 0 Å². The normalized spacial score (nSPS) is 11.2. The van der Waals surface area contributed by atoms with Crippen LogP contribution in [0, 0.1) is 0 Å². The van der Waals surface area contributed by atoms with E-state index < -0.39 is 0 Å². The van der Waals surface area contributed by atoms with Crippen molar-refractivity contribution in [2.75, 3.05) is 13.2 Å². The summed E-state index contributed by atoms with van der Waals surface area (Å²) in [6, 6.07) is 147. The molecule has 6 nitrogen and oxygen atoms in total. The molecular weight excluding hydrogens is 1590 g/mol. The average Bonchev–Trinajstić information content (AvgIpc) is 0.816. The first-order valence-electron chi connectivity index (χ1n) is 41.9. The molecule has 0 amide bonds. The topological polar surface area (TPSA) is 55.4 Å². The summed E-state index contributed by atoms with van der Waals surface area (Å²) in [7, 11) is -0.549. The molecule has 0 aromatic heterocycles. The second kappa shape index (κ2) is 46.8. The van der Waals surface area contributed by atoms with Crippen molar-refractivity contribution in [3.05, 3.63) is 419 Å². The summed E-state index contributed by atoms with van der Waals surface area (Å²) in [4.78, 5) is 19.7. The van der Waals surface area contributed by atoms with Gasteiger partial charge in [-0.05, 0) is 344 Å². The van der Waals surface area contributed by atoms with Crippen LogP contribution in [0.2, 0.25) is 0 Å². The van der Waals surface area contributed by atoms with Gasteiger partial charge < -0.3 is 28.4 Å². The number of hydrogen-bond acceptors (Lipinski definition) is 6. The fourth-order valence-electron chi connectivity index (χ4n) is 12.8. The van der Waals surface area contributed by atoms with Crippen molar-refractivity contribution in [2.45, 2.75) is 199 Å². The van der Waals surface area contributed by atoms with Crippen molar-refractivity contribution in [3.8, 4) is 34.5 Å². The van der Waals surface area contributed by atoms with Crippen LogP contribution in [0.15, 0.2) is 492 Å². The molecule has 0 spiro atoms. The van der Waals surface area contributed by atoms with Gasteiger partial charge >= 0.3 is 0 Å². The third kappa shape index (κ3) is 29.3. The van der Waals surface area contributed by atoms with E-state index in [0.717, 1.165) is 53.9 Å². The van der Waals surface area contributed by atoms with Crippen LogP contribution in [0.25, 0.3) is 0 Å². The number of unbranched alkanes of at least 4 members (excludes halogenated alkanes) is 1. The van der Waals surface area contributed by atoms with E-state index in [1.165, 1.54) is 73.4 Å². The van der Waals surface area contributed by atoms with Gasteiger partial charge in [-0.3, -0.25) is 0 Å². The lowest BCUT2D eigenvalue weighted by atomic mass is 10.2. The Kier molecular flexibility index (Phi) is 35.1. The van der Waals surface area contributed by atoms with E-state index in [0.29, 0.717) is 6.61 Å². The maximum absolute atomic E-state index is 6.00. The molecule has 0 aliphatic heterocycles. The standard InChI is InChI=1S/C26H31O2S.2C22H23OS.C21H21OS.C20H19OS/c1-25(2,3)27-20-12-16-23(17-13-20)29(22-10-8-7-9-11-22)24-18-14-21(15-19-24)28-26(4,5)6;1-22(2,3)23-18-14-16-21(17-15-18)24(19-10-6-4-7-11-19)20-12-8-5-9-13-20;1-2-3-18-23-19-14-16-22(17-15-19)24(20-10-6-4-7-11-20)21-12-8-5-9-13-21;1-17(2)22-18-13-15-21(16-14-18)23(19-9-5-3-6-10-19)20-11-7-4-8-12-20;1-2-21-17-13-15-20(16-14-17)22(18-9-5-3-6-10-18)19-11-7-4-8-12-19/h7-19H,1-6H3;4-17H,1-3H3;4-17H,2-3,18H2,1H3;3-17H,1-2H3;3-16H,2H2,1H3/q5*+1. The van der Waals surface area contributed by atoms with Crippen molar-refractivity contribution >= 4 is 54.5 Å². The lowest BCUT2D eigenvalue weighted by Crippen LogP contribution is -2.23. The molecule has 0 saturated carbocycles. The largest absolute Gasteiger partial charge is 0.494 e. The van der Waals surface area contributed by atoms with E-state index in [1.807, 2.05) is 20.8 Å². The van der Waals surface area contributed by atoms with Crippen molar-refractivity contribution in [1.82, 2.24) is 0 Å². The fraction of sp³-hybridized carbons (Fsp3) is 0.189. The SMILES string of the molecule is CC(C)(C)Oc1ccc([S+](c2ccccc2)c2ccc(OC(C)(C)C)cc2)cc1.CC(C)(C)Oc1ccc([S+](c2ccccc2)c2ccccc2)cc1.CC(C)Oc1ccc([S+](c2ccccc2)c2ccccc2)cc1.CCCCOc1ccc([S+](c2ccccc2)c2ccccc2)cc1.CCOc1ccc([S+](c2ccccc2)c2ccccc2)cc1. The minimum Gasteiger partial charge on any atom is -0.494 e. The Labute approximate surface area is 742 Å². The zero-order valence-corrected chi connectivity index (χ0v) is 76.8. The first-order chi connectivity index (χ1) is 59.1. The van der Waals surface area contributed by atoms with Gasteiger partial charge in [0.2, 0.25) is 0 Å². The van der Waals surface area contributed by atoms with E-state index >= 15 is 0 Å². The van der Waals surface area contributed by atoms with E-state index in [1.54, 1.807) is 0 Å². The van der Waals surface area contributed by atoms with Crippen molar-refractivity contribution in [2.24, 2.45) is 0 Å². The van der Waals surface area contributed by atoms with E-state index in [4.69, 9.17) is 28.4 Å². The van der Waals surface area contributed by atoms with Crippen molar-refractivity contribution in [1.29, 1.82) is 0 Å². The molecule has 0 aliphatic carbocycles. The number of rotatable bonds is 26. The maximum Gasteiger partial charge on any atom is 0.166 e. The van der Waals surface area contributed by atoms with Crippen LogP contribution in [-0.4, -0.2) is 36.1 Å². The molecule has 15 aromatic carbocycles. The van der Waals surface area contributed by atoms with Crippen molar-refractivity contribution in [3.63, 3.8) is 0 Å². The zero-order valence-electron chi connectivity index (χ0n) is 72.7. The predicted octanol–water partition coefficient (Wildman–Crippen LogP) is 29.8. The molecule has 622 valence electrons. The van der Waals surface area contributed by atoms with Gasteiger partial charge in [-0.1, -0.05) is 177 Å². The molecular formula is C111H117O6S5+5. The minimum absolute atomic E-state index is 0.0824. The molecule has 0 saturated heterocycles. The van der Waals surface area contributed by atoms with Crippen molar-refractivity contribution < 1.29 is 28.4 Å². The van der Waals surface area contributed by atoms with Gasteiger partial charge in [0.05, 0.1) is 73.8 Å². The predicted molar refractivity (Wildman–Crippen MR) is 516 cm³/mol. The zero-order chi connectivity index (χ0) is 85.9. The van der Waals surface area contributed by atoms with Gasteiger partial charge in [0.1, 0.15) is 51.3 Å². The van der Waals surface area contributed by atoms with Crippen LogP contribution in [-0.2, 0) is 54.5 Å². The van der Waals surface area contributed by atoms with Crippen LogP contribution >= 0.6 is 0 Å². The molecule has 0 bridgehead atoms. The first kappa shape index (κ1) is 91.6. The minimum atomic E-state index is -0.203. The van der Waals surface area contributed by atoms with Crippen LogP contribution in [0.1, 0.15) is 103 Å². The van der Waals surface area contributed by atoms with Crippen LogP contribution < -0.4 is 28.4 Å². The summed E-state index contributed by atoms with van der Waals surface area (Å²) in [5.41, 5.74) is -0.584. The molecule has 0 N–H and O–H groups in total. The highest BCUT2D eigenvalue weighted by Gasteiger charge is 2.34. The first-order valence-corrected chi connectivity index (χ1v) is 48.0. The smallest absolute Gasteiger partial charge is 0.166 e. The van der Waals surface area contributed by atoms with Gasteiger partial charge in [0.15, 0.2) is 73.4 Å². The molecule has 0 atom stereocenters. The van der Waals surface area contributed by atoms with Gasteiger partial charge in [-0.25, -0.2) is 0 Å². The third-order valence-corrected chi connectivity index (χ3v) is 29.0. The highest BCUT2D eigenvalue weighted by molar-refractivity contribution is 7.98. The summed E-state index contributed by atoms with van der Waals surface area (Å²) in [5, 5.41) is 0. The summed E-state index contributed by atoms with van der Waals surface area (Å²) in [6.45, 7) is 28.4. The van der Waals surface area contributed by atoms with Crippen LogP contribution in [0.5, 0.6) is 34.5 Å².